The van der Waals surface area contributed by atoms with E-state index in [-0.39, 0.29) is 30.2 Å². The molecule has 0 spiro atoms. The zero-order valence-electron chi connectivity index (χ0n) is 10.4. The lowest BCUT2D eigenvalue weighted by Gasteiger charge is -2.19. The molecular formula is C11H19N3O3. The van der Waals surface area contributed by atoms with E-state index in [4.69, 9.17) is 0 Å². The summed E-state index contributed by atoms with van der Waals surface area (Å²) in [5.41, 5.74) is 0. The van der Waals surface area contributed by atoms with Crippen LogP contribution in [-0.2, 0) is 14.4 Å². The fraction of sp³-hybridized carbons (Fsp3) is 0.727. The molecule has 1 aliphatic rings. The Labute approximate surface area is 101 Å². The van der Waals surface area contributed by atoms with Crippen LogP contribution in [0.4, 0.5) is 0 Å². The third kappa shape index (κ3) is 3.26. The topological polar surface area (TPSA) is 78.5 Å². The summed E-state index contributed by atoms with van der Waals surface area (Å²) in [4.78, 5) is 35.7. The summed E-state index contributed by atoms with van der Waals surface area (Å²) in [6.45, 7) is 4.01. The van der Waals surface area contributed by atoms with E-state index in [1.807, 2.05) is 13.8 Å². The summed E-state index contributed by atoms with van der Waals surface area (Å²) >= 11 is 0. The maximum atomic E-state index is 11.8. The van der Waals surface area contributed by atoms with Gasteiger partial charge in [-0.3, -0.25) is 19.3 Å². The Bertz CT molecular complexity index is 328. The molecule has 0 aromatic rings. The molecule has 1 atom stereocenters. The van der Waals surface area contributed by atoms with Crippen LogP contribution in [0.5, 0.6) is 0 Å². The summed E-state index contributed by atoms with van der Waals surface area (Å²) in [7, 11) is 1.56. The minimum Gasteiger partial charge on any atom is -0.359 e. The number of rotatable bonds is 5. The predicted octanol–water partition coefficient (Wildman–Crippen LogP) is -0.752. The van der Waals surface area contributed by atoms with Crippen LogP contribution < -0.4 is 10.6 Å². The maximum Gasteiger partial charge on any atom is 0.247 e. The van der Waals surface area contributed by atoms with Crippen molar-refractivity contribution in [2.75, 3.05) is 13.6 Å². The minimum atomic E-state index is -0.477. The third-order valence-electron chi connectivity index (χ3n) is 2.72. The van der Waals surface area contributed by atoms with E-state index in [0.717, 1.165) is 0 Å². The summed E-state index contributed by atoms with van der Waals surface area (Å²) in [6, 6.07) is -0.588. The van der Waals surface area contributed by atoms with Crippen LogP contribution in [0.15, 0.2) is 0 Å². The van der Waals surface area contributed by atoms with Gasteiger partial charge in [-0.15, -0.1) is 0 Å². The van der Waals surface area contributed by atoms with E-state index < -0.39 is 6.04 Å². The Hall–Kier alpha value is -1.43. The van der Waals surface area contributed by atoms with E-state index in [2.05, 4.69) is 10.6 Å². The molecule has 0 aromatic carbocycles. The smallest absolute Gasteiger partial charge is 0.247 e. The largest absolute Gasteiger partial charge is 0.359 e. The molecule has 0 bridgehead atoms. The minimum absolute atomic E-state index is 0.0880. The van der Waals surface area contributed by atoms with Crippen molar-refractivity contribution >= 4 is 17.7 Å². The fourth-order valence-electron chi connectivity index (χ4n) is 1.84. The van der Waals surface area contributed by atoms with E-state index in [1.165, 1.54) is 4.90 Å². The van der Waals surface area contributed by atoms with Gasteiger partial charge >= 0.3 is 0 Å². The fourth-order valence-corrected chi connectivity index (χ4v) is 1.84. The molecule has 1 unspecified atom stereocenters. The zero-order valence-corrected chi connectivity index (χ0v) is 10.4. The Morgan fingerprint density at radius 3 is 2.59 bits per heavy atom. The average molecular weight is 241 g/mol. The van der Waals surface area contributed by atoms with Gasteiger partial charge in [-0.25, -0.2) is 0 Å². The molecular weight excluding hydrogens is 222 g/mol. The van der Waals surface area contributed by atoms with Crippen molar-refractivity contribution in [1.82, 2.24) is 15.5 Å². The molecule has 17 heavy (non-hydrogen) atoms. The highest BCUT2D eigenvalue weighted by atomic mass is 16.2. The van der Waals surface area contributed by atoms with Crippen LogP contribution in [0, 0.1) is 0 Å². The van der Waals surface area contributed by atoms with Crippen molar-refractivity contribution in [2.24, 2.45) is 0 Å². The summed E-state index contributed by atoms with van der Waals surface area (Å²) in [5, 5.41) is 5.44. The van der Waals surface area contributed by atoms with Gasteiger partial charge in [0.05, 0.1) is 12.5 Å². The van der Waals surface area contributed by atoms with Gasteiger partial charge in [-0.1, -0.05) is 0 Å². The van der Waals surface area contributed by atoms with Crippen LogP contribution in [0.1, 0.15) is 26.7 Å². The third-order valence-corrected chi connectivity index (χ3v) is 2.72. The summed E-state index contributed by atoms with van der Waals surface area (Å²) in [5.74, 6) is -0.431. The van der Waals surface area contributed by atoms with Crippen molar-refractivity contribution in [3.05, 3.63) is 0 Å². The number of imide groups is 1. The Morgan fingerprint density at radius 1 is 1.47 bits per heavy atom. The molecule has 1 rings (SSSR count). The highest BCUT2D eigenvalue weighted by Gasteiger charge is 2.39. The number of carbonyl (C=O) groups is 3. The zero-order chi connectivity index (χ0) is 13.0. The van der Waals surface area contributed by atoms with Crippen molar-refractivity contribution in [3.8, 4) is 0 Å². The first-order valence-electron chi connectivity index (χ1n) is 5.77. The molecule has 96 valence electrons. The van der Waals surface area contributed by atoms with Gasteiger partial charge in [-0.2, -0.15) is 0 Å². The van der Waals surface area contributed by atoms with Gasteiger partial charge in [0, 0.05) is 26.1 Å². The van der Waals surface area contributed by atoms with E-state index in [9.17, 15) is 14.4 Å². The summed E-state index contributed by atoms with van der Waals surface area (Å²) < 4.78 is 0. The standard InChI is InChI=1S/C11H19N3O3/c1-7(2)14-10(16)6-8(11(14)17)13-5-4-9(15)12-3/h7-8,13H,4-6H2,1-3H3,(H,12,15). The number of amides is 3. The Morgan fingerprint density at radius 2 is 2.12 bits per heavy atom. The van der Waals surface area contributed by atoms with Crippen LogP contribution in [0.25, 0.3) is 0 Å². The van der Waals surface area contributed by atoms with Crippen molar-refractivity contribution < 1.29 is 14.4 Å². The number of hydrogen-bond acceptors (Lipinski definition) is 4. The lowest BCUT2D eigenvalue weighted by Crippen LogP contribution is -2.42. The first-order valence-corrected chi connectivity index (χ1v) is 5.77. The number of carbonyl (C=O) groups excluding carboxylic acids is 3. The first kappa shape index (κ1) is 13.6. The Kier molecular flexibility index (Phi) is 4.62. The molecule has 1 aliphatic heterocycles. The highest BCUT2D eigenvalue weighted by molar-refractivity contribution is 6.05. The number of hydrogen-bond donors (Lipinski definition) is 2. The molecule has 6 nitrogen and oxygen atoms in total. The van der Waals surface area contributed by atoms with Gasteiger partial charge in [0.1, 0.15) is 0 Å². The molecule has 1 saturated heterocycles. The molecule has 1 fully saturated rings. The van der Waals surface area contributed by atoms with Gasteiger partial charge in [0.2, 0.25) is 17.7 Å². The van der Waals surface area contributed by atoms with E-state index in [1.54, 1.807) is 7.05 Å². The lowest BCUT2D eigenvalue weighted by atomic mass is 10.2. The quantitative estimate of drug-likeness (QED) is 0.621. The number of likely N-dealkylation sites (tertiary alicyclic amines) is 1. The molecule has 0 aliphatic carbocycles. The Balaban J connectivity index is 2.44. The molecule has 0 radical (unpaired) electrons. The van der Waals surface area contributed by atoms with Crippen LogP contribution in [0.2, 0.25) is 0 Å². The first-order chi connectivity index (χ1) is 7.97. The number of nitrogens with zero attached hydrogens (tertiary/aromatic N) is 1. The van der Waals surface area contributed by atoms with E-state index >= 15 is 0 Å². The molecule has 2 N–H and O–H groups in total. The molecule has 0 aromatic heterocycles. The van der Waals surface area contributed by atoms with Gasteiger partial charge in [-0.05, 0) is 13.8 Å². The number of nitrogens with one attached hydrogen (secondary N) is 2. The van der Waals surface area contributed by atoms with Crippen molar-refractivity contribution in [1.29, 1.82) is 0 Å². The monoisotopic (exact) mass is 241 g/mol. The second-order valence-electron chi connectivity index (χ2n) is 4.33. The van der Waals surface area contributed by atoms with Gasteiger partial charge in [0.15, 0.2) is 0 Å². The second kappa shape index (κ2) is 5.77. The average Bonchev–Trinajstić information content (AvgIpc) is 2.53. The second-order valence-corrected chi connectivity index (χ2v) is 4.33. The highest BCUT2D eigenvalue weighted by Crippen LogP contribution is 2.15. The van der Waals surface area contributed by atoms with Crippen molar-refractivity contribution in [2.45, 2.75) is 38.8 Å². The van der Waals surface area contributed by atoms with Crippen LogP contribution in [-0.4, -0.2) is 48.3 Å². The maximum absolute atomic E-state index is 11.8. The van der Waals surface area contributed by atoms with Gasteiger partial charge in [0.25, 0.3) is 0 Å². The van der Waals surface area contributed by atoms with Crippen LogP contribution >= 0.6 is 0 Å². The van der Waals surface area contributed by atoms with Crippen molar-refractivity contribution in [3.63, 3.8) is 0 Å². The molecule has 0 saturated carbocycles. The molecule has 1 heterocycles. The lowest BCUT2D eigenvalue weighted by molar-refractivity contribution is -0.140. The van der Waals surface area contributed by atoms with Gasteiger partial charge < -0.3 is 10.6 Å². The van der Waals surface area contributed by atoms with E-state index in [0.29, 0.717) is 13.0 Å². The normalized spacial score (nSPS) is 20.2. The molecule has 6 heteroatoms. The summed E-state index contributed by atoms with van der Waals surface area (Å²) in [6.07, 6.45) is 0.487. The predicted molar refractivity (Wildman–Crippen MR) is 62.1 cm³/mol. The SMILES string of the molecule is CNC(=O)CCNC1CC(=O)N(C(C)C)C1=O. The van der Waals surface area contributed by atoms with Crippen LogP contribution in [0.3, 0.4) is 0 Å². The molecule has 3 amide bonds.